The van der Waals surface area contributed by atoms with Crippen LogP contribution in [-0.2, 0) is 16.8 Å². The molecule has 148 valence electrons. The van der Waals surface area contributed by atoms with Gasteiger partial charge < -0.3 is 5.32 Å². The molecule has 1 heterocycles. The molecule has 0 bridgehead atoms. The maximum absolute atomic E-state index is 13.8. The van der Waals surface area contributed by atoms with Gasteiger partial charge in [-0.3, -0.25) is 9.69 Å². The zero-order valence-corrected chi connectivity index (χ0v) is 16.4. The van der Waals surface area contributed by atoms with Crippen LogP contribution in [0.2, 0.25) is 0 Å². The van der Waals surface area contributed by atoms with E-state index in [9.17, 15) is 9.18 Å². The van der Waals surface area contributed by atoms with Crippen LogP contribution in [0.5, 0.6) is 0 Å². The number of nitrogens with one attached hydrogen (secondary N) is 1. The number of carbonyl (C=O) groups excluding carboxylic acids is 1. The molecule has 0 atom stereocenters. The molecular weight excluding hydrogens is 351 g/mol. The number of rotatable bonds is 5. The Bertz CT molecular complexity index is 793. The highest BCUT2D eigenvalue weighted by atomic mass is 19.1. The predicted octanol–water partition coefficient (Wildman–Crippen LogP) is 4.42. The fourth-order valence-corrected chi connectivity index (χ4v) is 4.81. The lowest BCUT2D eigenvalue weighted by Crippen LogP contribution is -2.50. The van der Waals surface area contributed by atoms with Gasteiger partial charge in [0.05, 0.1) is 5.41 Å². The Morgan fingerprint density at radius 3 is 2.43 bits per heavy atom. The molecule has 2 aromatic carbocycles. The van der Waals surface area contributed by atoms with Gasteiger partial charge in [0.2, 0.25) is 5.91 Å². The number of amides is 1. The first-order chi connectivity index (χ1) is 13.7. The van der Waals surface area contributed by atoms with Crippen LogP contribution < -0.4 is 5.32 Å². The Hall–Kier alpha value is -2.20. The highest BCUT2D eigenvalue weighted by molar-refractivity contribution is 5.88. The molecule has 2 aliphatic rings. The summed E-state index contributed by atoms with van der Waals surface area (Å²) in [5.41, 5.74) is 1.62. The van der Waals surface area contributed by atoms with Gasteiger partial charge in [0.1, 0.15) is 5.82 Å². The molecule has 0 radical (unpaired) electrons. The summed E-state index contributed by atoms with van der Waals surface area (Å²) in [6.45, 7) is 2.95. The van der Waals surface area contributed by atoms with Crippen LogP contribution in [0, 0.1) is 5.82 Å². The number of nitrogens with zero attached hydrogens (tertiary/aromatic N) is 1. The topological polar surface area (TPSA) is 32.3 Å². The molecule has 0 aromatic heterocycles. The normalized spacial score (nSPS) is 20.2. The van der Waals surface area contributed by atoms with Crippen molar-refractivity contribution in [3.05, 3.63) is 71.5 Å². The minimum atomic E-state index is -0.552. The van der Waals surface area contributed by atoms with Crippen LogP contribution in [-0.4, -0.2) is 29.9 Å². The zero-order valence-electron chi connectivity index (χ0n) is 16.4. The number of piperidine rings is 1. The Balaban J connectivity index is 1.37. The standard InChI is InChI=1S/C24H29FN2O/c25-21-10-6-9-20(17-21)24(13-4-5-14-24)23(28)26-22-11-15-27(16-12-22)18-19-7-2-1-3-8-19/h1-3,6-10,17,22H,4-5,11-16,18H2,(H,26,28). The van der Waals surface area contributed by atoms with E-state index < -0.39 is 5.41 Å². The molecule has 0 spiro atoms. The second-order valence-electron chi connectivity index (χ2n) is 8.31. The van der Waals surface area contributed by atoms with E-state index in [0.717, 1.165) is 63.7 Å². The Labute approximate surface area is 166 Å². The number of halogens is 1. The SMILES string of the molecule is O=C(NC1CCN(Cc2ccccc2)CC1)C1(c2cccc(F)c2)CCCC1. The summed E-state index contributed by atoms with van der Waals surface area (Å²) in [7, 11) is 0. The minimum Gasteiger partial charge on any atom is -0.353 e. The number of likely N-dealkylation sites (tertiary alicyclic amines) is 1. The fourth-order valence-electron chi connectivity index (χ4n) is 4.81. The van der Waals surface area contributed by atoms with E-state index in [2.05, 4.69) is 34.5 Å². The summed E-state index contributed by atoms with van der Waals surface area (Å²) in [5.74, 6) is -0.164. The minimum absolute atomic E-state index is 0.0945. The van der Waals surface area contributed by atoms with Crippen molar-refractivity contribution in [2.45, 2.75) is 56.5 Å². The summed E-state index contributed by atoms with van der Waals surface area (Å²) >= 11 is 0. The number of benzene rings is 2. The Morgan fingerprint density at radius 1 is 1.04 bits per heavy atom. The summed E-state index contributed by atoms with van der Waals surface area (Å²) in [4.78, 5) is 15.7. The molecule has 2 aromatic rings. The molecule has 0 unspecified atom stereocenters. The lowest BCUT2D eigenvalue weighted by molar-refractivity contribution is -0.127. The maximum atomic E-state index is 13.8. The molecule has 1 aliphatic heterocycles. The summed E-state index contributed by atoms with van der Waals surface area (Å²) in [5, 5.41) is 3.32. The van der Waals surface area contributed by atoms with Crippen molar-refractivity contribution < 1.29 is 9.18 Å². The predicted molar refractivity (Wildman–Crippen MR) is 109 cm³/mol. The monoisotopic (exact) mass is 380 g/mol. The van der Waals surface area contributed by atoms with Gasteiger partial charge in [-0.25, -0.2) is 4.39 Å². The maximum Gasteiger partial charge on any atom is 0.230 e. The fraction of sp³-hybridized carbons (Fsp3) is 0.458. The van der Waals surface area contributed by atoms with E-state index in [1.54, 1.807) is 12.1 Å². The van der Waals surface area contributed by atoms with E-state index in [0.29, 0.717) is 0 Å². The van der Waals surface area contributed by atoms with Gasteiger partial charge >= 0.3 is 0 Å². The molecular formula is C24H29FN2O. The van der Waals surface area contributed by atoms with Gasteiger partial charge in [0.15, 0.2) is 0 Å². The first-order valence-electron chi connectivity index (χ1n) is 10.5. The molecule has 1 aliphatic carbocycles. The van der Waals surface area contributed by atoms with E-state index in [4.69, 9.17) is 0 Å². The van der Waals surface area contributed by atoms with Crippen molar-refractivity contribution in [1.82, 2.24) is 10.2 Å². The lowest BCUT2D eigenvalue weighted by atomic mass is 9.77. The molecule has 3 nitrogen and oxygen atoms in total. The van der Waals surface area contributed by atoms with Crippen LogP contribution in [0.25, 0.3) is 0 Å². The van der Waals surface area contributed by atoms with Crippen molar-refractivity contribution in [3.63, 3.8) is 0 Å². The van der Waals surface area contributed by atoms with Crippen LogP contribution in [0.3, 0.4) is 0 Å². The Morgan fingerprint density at radius 2 is 1.75 bits per heavy atom. The molecule has 1 saturated carbocycles. The summed E-state index contributed by atoms with van der Waals surface area (Å²) in [6.07, 6.45) is 5.62. The molecule has 1 saturated heterocycles. The molecule has 1 amide bonds. The highest BCUT2D eigenvalue weighted by Crippen LogP contribution is 2.41. The summed E-state index contributed by atoms with van der Waals surface area (Å²) < 4.78 is 13.8. The van der Waals surface area contributed by atoms with Crippen LogP contribution in [0.15, 0.2) is 54.6 Å². The van der Waals surface area contributed by atoms with Crippen LogP contribution >= 0.6 is 0 Å². The van der Waals surface area contributed by atoms with Gasteiger partial charge in [-0.1, -0.05) is 55.3 Å². The average molecular weight is 381 g/mol. The largest absolute Gasteiger partial charge is 0.353 e. The van der Waals surface area contributed by atoms with E-state index in [1.165, 1.54) is 11.6 Å². The smallest absolute Gasteiger partial charge is 0.230 e. The second-order valence-corrected chi connectivity index (χ2v) is 8.31. The van der Waals surface area contributed by atoms with Crippen LogP contribution in [0.1, 0.15) is 49.7 Å². The van der Waals surface area contributed by atoms with Crippen molar-refractivity contribution >= 4 is 5.91 Å². The van der Waals surface area contributed by atoms with Crippen molar-refractivity contribution in [3.8, 4) is 0 Å². The summed E-state index contributed by atoms with van der Waals surface area (Å²) in [6, 6.07) is 17.4. The third kappa shape index (κ3) is 4.12. The van der Waals surface area contributed by atoms with E-state index >= 15 is 0 Å². The zero-order chi connectivity index (χ0) is 19.4. The van der Waals surface area contributed by atoms with Crippen molar-refractivity contribution in [1.29, 1.82) is 0 Å². The third-order valence-corrected chi connectivity index (χ3v) is 6.44. The average Bonchev–Trinajstić information content (AvgIpc) is 3.22. The molecule has 4 rings (SSSR count). The van der Waals surface area contributed by atoms with E-state index in [1.807, 2.05) is 12.1 Å². The van der Waals surface area contributed by atoms with Crippen molar-refractivity contribution in [2.75, 3.05) is 13.1 Å². The van der Waals surface area contributed by atoms with Gasteiger partial charge in [0, 0.05) is 25.7 Å². The second kappa shape index (κ2) is 8.44. The van der Waals surface area contributed by atoms with E-state index in [-0.39, 0.29) is 17.8 Å². The third-order valence-electron chi connectivity index (χ3n) is 6.44. The van der Waals surface area contributed by atoms with Gasteiger partial charge in [-0.05, 0) is 48.9 Å². The number of carbonyl (C=O) groups is 1. The molecule has 28 heavy (non-hydrogen) atoms. The first kappa shape index (κ1) is 19.1. The van der Waals surface area contributed by atoms with Crippen LogP contribution in [0.4, 0.5) is 4.39 Å². The van der Waals surface area contributed by atoms with Crippen molar-refractivity contribution in [2.24, 2.45) is 0 Å². The molecule has 1 N–H and O–H groups in total. The van der Waals surface area contributed by atoms with Gasteiger partial charge in [-0.2, -0.15) is 0 Å². The number of hydrogen-bond donors (Lipinski definition) is 1. The van der Waals surface area contributed by atoms with Gasteiger partial charge in [-0.15, -0.1) is 0 Å². The highest BCUT2D eigenvalue weighted by Gasteiger charge is 2.43. The quantitative estimate of drug-likeness (QED) is 0.833. The van der Waals surface area contributed by atoms with Gasteiger partial charge in [0.25, 0.3) is 0 Å². The lowest BCUT2D eigenvalue weighted by Gasteiger charge is -2.35. The molecule has 2 fully saturated rings. The molecule has 4 heteroatoms. The number of hydrogen-bond acceptors (Lipinski definition) is 2. The Kier molecular flexibility index (Phi) is 5.77. The first-order valence-corrected chi connectivity index (χ1v) is 10.5.